The Morgan fingerprint density at radius 1 is 0.950 bits per heavy atom. The zero-order chi connectivity index (χ0) is 14.2. The van der Waals surface area contributed by atoms with Crippen molar-refractivity contribution in [3.8, 4) is 0 Å². The van der Waals surface area contributed by atoms with Crippen LogP contribution in [0.4, 0.5) is 0 Å². The molecule has 1 unspecified atom stereocenters. The van der Waals surface area contributed by atoms with Crippen molar-refractivity contribution in [1.82, 2.24) is 0 Å². The molecule has 0 spiro atoms. The van der Waals surface area contributed by atoms with E-state index >= 15 is 0 Å². The summed E-state index contributed by atoms with van der Waals surface area (Å²) in [4.78, 5) is -1.65. The van der Waals surface area contributed by atoms with Crippen molar-refractivity contribution in [1.29, 1.82) is 0 Å². The van der Waals surface area contributed by atoms with Crippen LogP contribution in [0.15, 0.2) is 59.5 Å². The maximum Gasteiger partial charge on any atom is 0.212 e. The maximum atomic E-state index is 12.8. The lowest BCUT2D eigenvalue weighted by atomic mass is 9.89. The number of benzene rings is 2. The average molecular weight is 288 g/mol. The summed E-state index contributed by atoms with van der Waals surface area (Å²) in [7, 11) is -3.82. The van der Waals surface area contributed by atoms with Crippen LogP contribution in [0, 0.1) is 0 Å². The van der Waals surface area contributed by atoms with Gasteiger partial charge in [0, 0.05) is 5.56 Å². The second kappa shape index (κ2) is 4.72. The second-order valence-corrected chi connectivity index (χ2v) is 7.27. The van der Waals surface area contributed by atoms with Gasteiger partial charge in [0.05, 0.1) is 4.90 Å². The highest BCUT2D eigenvalue weighted by atomic mass is 32.2. The van der Waals surface area contributed by atoms with Crippen LogP contribution in [0.1, 0.15) is 24.0 Å². The first kappa shape index (κ1) is 13.3. The minimum atomic E-state index is -3.82. The van der Waals surface area contributed by atoms with E-state index in [0.29, 0.717) is 12.0 Å². The van der Waals surface area contributed by atoms with Gasteiger partial charge in [-0.05, 0) is 37.0 Å². The Balaban J connectivity index is 2.20. The summed E-state index contributed by atoms with van der Waals surface area (Å²) >= 11 is 0. The molecule has 0 bridgehead atoms. The molecule has 2 aromatic rings. The van der Waals surface area contributed by atoms with Crippen LogP contribution >= 0.6 is 0 Å². The summed E-state index contributed by atoms with van der Waals surface area (Å²) in [6.45, 7) is 0. The molecule has 0 fully saturated rings. The number of hydrogen-bond donors (Lipinski definition) is 1. The van der Waals surface area contributed by atoms with Crippen LogP contribution in [0.5, 0.6) is 0 Å². The monoisotopic (exact) mass is 288 g/mol. The Morgan fingerprint density at radius 2 is 1.60 bits per heavy atom. The number of hydrogen-bond acceptors (Lipinski definition) is 3. The first-order valence-corrected chi connectivity index (χ1v) is 8.14. The molecular weight excluding hydrogens is 272 g/mol. The van der Waals surface area contributed by atoms with Crippen LogP contribution in [0.2, 0.25) is 0 Å². The van der Waals surface area contributed by atoms with Crippen molar-refractivity contribution in [3.05, 3.63) is 65.7 Å². The van der Waals surface area contributed by atoms with E-state index in [1.165, 1.54) is 12.1 Å². The van der Waals surface area contributed by atoms with Gasteiger partial charge < -0.3 is 5.11 Å². The van der Waals surface area contributed by atoms with Crippen molar-refractivity contribution >= 4 is 9.84 Å². The predicted octanol–water partition coefficient (Wildman–Crippen LogP) is 2.64. The zero-order valence-electron chi connectivity index (χ0n) is 11.0. The van der Waals surface area contributed by atoms with Crippen LogP contribution < -0.4 is 0 Å². The van der Waals surface area contributed by atoms with Gasteiger partial charge in [-0.15, -0.1) is 0 Å². The lowest BCUT2D eigenvalue weighted by Crippen LogP contribution is -2.39. The molecule has 1 aliphatic carbocycles. The van der Waals surface area contributed by atoms with E-state index in [2.05, 4.69) is 0 Å². The van der Waals surface area contributed by atoms with Crippen molar-refractivity contribution in [2.24, 2.45) is 0 Å². The Morgan fingerprint density at radius 3 is 2.35 bits per heavy atom. The third kappa shape index (κ3) is 1.87. The SMILES string of the molecule is O=S(=O)(c1ccccc1)C1(O)CCCc2ccccc21. The molecule has 1 aliphatic rings. The van der Waals surface area contributed by atoms with Crippen LogP contribution in [-0.2, 0) is 21.2 Å². The van der Waals surface area contributed by atoms with E-state index in [-0.39, 0.29) is 11.3 Å². The minimum absolute atomic E-state index is 0.166. The molecule has 1 atom stereocenters. The van der Waals surface area contributed by atoms with Crippen LogP contribution in [0.25, 0.3) is 0 Å². The van der Waals surface area contributed by atoms with Gasteiger partial charge in [-0.3, -0.25) is 0 Å². The van der Waals surface area contributed by atoms with Crippen molar-refractivity contribution in [2.45, 2.75) is 29.1 Å². The maximum absolute atomic E-state index is 12.8. The summed E-state index contributed by atoms with van der Waals surface area (Å²) in [5, 5.41) is 10.9. The van der Waals surface area contributed by atoms with E-state index in [1.54, 1.807) is 30.3 Å². The molecular formula is C16H16O3S. The molecule has 1 N–H and O–H groups in total. The molecule has 0 saturated heterocycles. The van der Waals surface area contributed by atoms with E-state index in [1.807, 2.05) is 12.1 Å². The molecule has 0 saturated carbocycles. The summed E-state index contributed by atoms with van der Waals surface area (Å²) < 4.78 is 25.6. The van der Waals surface area contributed by atoms with E-state index in [0.717, 1.165) is 12.0 Å². The Hall–Kier alpha value is -1.65. The van der Waals surface area contributed by atoms with Crippen LogP contribution in [0.3, 0.4) is 0 Å². The van der Waals surface area contributed by atoms with Gasteiger partial charge in [-0.25, -0.2) is 8.42 Å². The topological polar surface area (TPSA) is 54.4 Å². The highest BCUT2D eigenvalue weighted by molar-refractivity contribution is 7.92. The lowest BCUT2D eigenvalue weighted by Gasteiger charge is -2.33. The summed E-state index contributed by atoms with van der Waals surface area (Å²) in [5.41, 5.74) is 1.44. The molecule has 0 heterocycles. The van der Waals surface area contributed by atoms with Crippen LogP contribution in [-0.4, -0.2) is 13.5 Å². The number of rotatable bonds is 2. The Labute approximate surface area is 118 Å². The summed E-state index contributed by atoms with van der Waals surface area (Å²) in [6.07, 6.45) is 1.71. The zero-order valence-corrected chi connectivity index (χ0v) is 11.8. The van der Waals surface area contributed by atoms with Gasteiger partial charge in [0.15, 0.2) is 4.93 Å². The smallest absolute Gasteiger partial charge is 0.212 e. The predicted molar refractivity (Wildman–Crippen MR) is 76.9 cm³/mol. The third-order valence-electron chi connectivity index (χ3n) is 3.90. The fraction of sp³-hybridized carbons (Fsp3) is 0.250. The summed E-state index contributed by atoms with van der Waals surface area (Å²) in [5.74, 6) is 0. The third-order valence-corrected chi connectivity index (χ3v) is 6.10. The molecule has 2 aromatic carbocycles. The molecule has 0 aromatic heterocycles. The molecule has 104 valence electrons. The second-order valence-electron chi connectivity index (χ2n) is 5.11. The quantitative estimate of drug-likeness (QED) is 0.924. The van der Waals surface area contributed by atoms with Gasteiger partial charge in [-0.1, -0.05) is 42.5 Å². The molecule has 0 amide bonds. The number of sulfone groups is 1. The van der Waals surface area contributed by atoms with Gasteiger partial charge in [0.2, 0.25) is 9.84 Å². The van der Waals surface area contributed by atoms with E-state index in [9.17, 15) is 13.5 Å². The van der Waals surface area contributed by atoms with Gasteiger partial charge >= 0.3 is 0 Å². The molecule has 0 radical (unpaired) electrons. The lowest BCUT2D eigenvalue weighted by molar-refractivity contribution is 0.104. The normalized spacial score (nSPS) is 22.2. The van der Waals surface area contributed by atoms with E-state index in [4.69, 9.17) is 0 Å². The van der Waals surface area contributed by atoms with Crippen molar-refractivity contribution in [3.63, 3.8) is 0 Å². The Bertz CT molecular complexity index is 722. The van der Waals surface area contributed by atoms with Crippen molar-refractivity contribution < 1.29 is 13.5 Å². The summed E-state index contributed by atoms with van der Waals surface area (Å²) in [6, 6.07) is 15.4. The molecule has 20 heavy (non-hydrogen) atoms. The first-order valence-electron chi connectivity index (χ1n) is 6.66. The highest BCUT2D eigenvalue weighted by Gasteiger charge is 2.46. The van der Waals surface area contributed by atoms with E-state index < -0.39 is 14.8 Å². The number of fused-ring (bicyclic) bond motifs is 1. The first-order chi connectivity index (χ1) is 9.56. The van der Waals surface area contributed by atoms with Crippen molar-refractivity contribution in [2.75, 3.05) is 0 Å². The fourth-order valence-electron chi connectivity index (χ4n) is 2.85. The highest BCUT2D eigenvalue weighted by Crippen LogP contribution is 2.42. The Kier molecular flexibility index (Phi) is 3.15. The standard InChI is InChI=1S/C16H16O3S/c17-16(20(18,19)14-9-2-1-3-10-14)12-6-8-13-7-4-5-11-15(13)16/h1-5,7,9-11,17H,6,8,12H2. The largest absolute Gasteiger partial charge is 0.370 e. The van der Waals surface area contributed by atoms with Gasteiger partial charge in [0.1, 0.15) is 0 Å². The number of aryl methyl sites for hydroxylation is 1. The van der Waals surface area contributed by atoms with Gasteiger partial charge in [-0.2, -0.15) is 0 Å². The fourth-order valence-corrected chi connectivity index (χ4v) is 4.65. The minimum Gasteiger partial charge on any atom is -0.370 e. The van der Waals surface area contributed by atoms with Gasteiger partial charge in [0.25, 0.3) is 0 Å². The number of aliphatic hydroxyl groups is 1. The molecule has 3 nitrogen and oxygen atoms in total. The molecule has 3 rings (SSSR count). The molecule has 0 aliphatic heterocycles. The molecule has 4 heteroatoms. The average Bonchev–Trinajstić information content (AvgIpc) is 2.48.